The zero-order chi connectivity index (χ0) is 14.5. The van der Waals surface area contributed by atoms with Crippen LogP contribution in [0.15, 0.2) is 30.5 Å². The first-order valence-electron chi connectivity index (χ1n) is 7.12. The molecule has 1 atom stereocenters. The summed E-state index contributed by atoms with van der Waals surface area (Å²) in [6, 6.07) is 7.96. The second-order valence-electron chi connectivity index (χ2n) is 5.21. The summed E-state index contributed by atoms with van der Waals surface area (Å²) in [7, 11) is 0. The van der Waals surface area contributed by atoms with E-state index in [0.29, 0.717) is 0 Å². The molecule has 1 heterocycles. The number of fused-ring (bicyclic) bond motifs is 1. The van der Waals surface area contributed by atoms with Gasteiger partial charge in [0.25, 0.3) is 0 Å². The number of aliphatic hydroxyl groups is 1. The van der Waals surface area contributed by atoms with E-state index >= 15 is 0 Å². The molecule has 0 aliphatic heterocycles. The van der Waals surface area contributed by atoms with Gasteiger partial charge in [0.2, 0.25) is 5.91 Å². The summed E-state index contributed by atoms with van der Waals surface area (Å²) in [6.45, 7) is 4.40. The molecule has 2 rings (SSSR count). The summed E-state index contributed by atoms with van der Waals surface area (Å²) < 4.78 is 1.90. The van der Waals surface area contributed by atoms with Crippen LogP contribution in [0.5, 0.6) is 0 Å². The Morgan fingerprint density at radius 1 is 1.40 bits per heavy atom. The third-order valence-corrected chi connectivity index (χ3v) is 3.49. The molecule has 0 fully saturated rings. The standard InChI is InChI=1S/C16H22N2O2/c1-3-5-12(2)17-15(20)10-18-9-8-13-6-4-7-14(11-19)16(13)18/h4,6-9,12,19H,3,5,10-11H2,1-2H3,(H,17,20). The molecule has 0 saturated heterocycles. The predicted molar refractivity (Wildman–Crippen MR) is 80.4 cm³/mol. The SMILES string of the molecule is CCCC(C)NC(=O)Cn1ccc2cccc(CO)c21. The molecule has 2 aromatic rings. The van der Waals surface area contributed by atoms with Crippen LogP contribution in [-0.4, -0.2) is 21.6 Å². The average molecular weight is 274 g/mol. The summed E-state index contributed by atoms with van der Waals surface area (Å²) >= 11 is 0. The molecule has 0 aliphatic rings. The fourth-order valence-corrected chi connectivity index (χ4v) is 2.58. The van der Waals surface area contributed by atoms with Crippen LogP contribution in [0.2, 0.25) is 0 Å². The maximum Gasteiger partial charge on any atom is 0.240 e. The third-order valence-electron chi connectivity index (χ3n) is 3.49. The van der Waals surface area contributed by atoms with Crippen LogP contribution in [0.4, 0.5) is 0 Å². The van der Waals surface area contributed by atoms with E-state index in [-0.39, 0.29) is 25.1 Å². The summed E-state index contributed by atoms with van der Waals surface area (Å²) in [4.78, 5) is 12.0. The molecule has 1 aromatic carbocycles. The van der Waals surface area contributed by atoms with Gasteiger partial charge in [-0.1, -0.05) is 31.5 Å². The van der Waals surface area contributed by atoms with Crippen molar-refractivity contribution in [3.63, 3.8) is 0 Å². The van der Waals surface area contributed by atoms with Crippen molar-refractivity contribution in [3.8, 4) is 0 Å². The van der Waals surface area contributed by atoms with Crippen LogP contribution in [0.1, 0.15) is 32.3 Å². The minimum Gasteiger partial charge on any atom is -0.392 e. The summed E-state index contributed by atoms with van der Waals surface area (Å²) in [5.74, 6) is 0.0104. The quantitative estimate of drug-likeness (QED) is 0.850. The van der Waals surface area contributed by atoms with Gasteiger partial charge in [0.15, 0.2) is 0 Å². The van der Waals surface area contributed by atoms with E-state index in [1.165, 1.54) is 0 Å². The van der Waals surface area contributed by atoms with Gasteiger partial charge in [0.05, 0.1) is 12.1 Å². The second-order valence-corrected chi connectivity index (χ2v) is 5.21. The number of nitrogens with one attached hydrogen (secondary N) is 1. The number of carbonyl (C=O) groups is 1. The number of amides is 1. The Kier molecular flexibility index (Phi) is 4.79. The number of aliphatic hydroxyl groups excluding tert-OH is 1. The van der Waals surface area contributed by atoms with E-state index in [2.05, 4.69) is 12.2 Å². The van der Waals surface area contributed by atoms with Crippen molar-refractivity contribution in [2.45, 2.75) is 45.9 Å². The van der Waals surface area contributed by atoms with Crippen molar-refractivity contribution in [1.29, 1.82) is 0 Å². The monoisotopic (exact) mass is 274 g/mol. The number of aromatic nitrogens is 1. The van der Waals surface area contributed by atoms with Crippen LogP contribution >= 0.6 is 0 Å². The molecule has 0 radical (unpaired) electrons. The van der Waals surface area contributed by atoms with Crippen LogP contribution in [-0.2, 0) is 17.9 Å². The molecule has 2 N–H and O–H groups in total. The molecule has 4 heteroatoms. The minimum atomic E-state index is -0.0186. The van der Waals surface area contributed by atoms with Crippen LogP contribution < -0.4 is 5.32 Å². The zero-order valence-corrected chi connectivity index (χ0v) is 12.1. The molecule has 1 aromatic heterocycles. The Hall–Kier alpha value is -1.81. The van der Waals surface area contributed by atoms with Gasteiger partial charge in [-0.15, -0.1) is 0 Å². The van der Waals surface area contributed by atoms with Crippen molar-refractivity contribution in [3.05, 3.63) is 36.0 Å². The number of hydrogen-bond donors (Lipinski definition) is 2. The first-order chi connectivity index (χ1) is 9.65. The average Bonchev–Trinajstić information content (AvgIpc) is 2.82. The predicted octanol–water partition coefficient (Wildman–Crippen LogP) is 2.44. The van der Waals surface area contributed by atoms with Crippen LogP contribution in [0.3, 0.4) is 0 Å². The van der Waals surface area contributed by atoms with Gasteiger partial charge in [-0.05, 0) is 24.8 Å². The number of para-hydroxylation sites is 1. The third kappa shape index (κ3) is 3.20. The van der Waals surface area contributed by atoms with Crippen molar-refractivity contribution in [2.75, 3.05) is 0 Å². The first kappa shape index (κ1) is 14.6. The van der Waals surface area contributed by atoms with E-state index in [1.54, 1.807) is 0 Å². The van der Waals surface area contributed by atoms with Crippen molar-refractivity contribution >= 4 is 16.8 Å². The number of carbonyl (C=O) groups excluding carboxylic acids is 1. The molecule has 1 amide bonds. The minimum absolute atomic E-state index is 0.0104. The Labute approximate surface area is 119 Å². The maximum atomic E-state index is 12.0. The highest BCUT2D eigenvalue weighted by Gasteiger charge is 2.11. The maximum absolute atomic E-state index is 12.0. The van der Waals surface area contributed by atoms with Crippen molar-refractivity contribution < 1.29 is 9.90 Å². The number of rotatable bonds is 6. The van der Waals surface area contributed by atoms with Gasteiger partial charge < -0.3 is 15.0 Å². The van der Waals surface area contributed by atoms with Crippen molar-refractivity contribution in [1.82, 2.24) is 9.88 Å². The fourth-order valence-electron chi connectivity index (χ4n) is 2.58. The Balaban J connectivity index is 2.15. The highest BCUT2D eigenvalue weighted by molar-refractivity contribution is 5.85. The van der Waals surface area contributed by atoms with E-state index in [1.807, 2.05) is 42.0 Å². The largest absolute Gasteiger partial charge is 0.392 e. The molecule has 0 saturated carbocycles. The lowest BCUT2D eigenvalue weighted by Gasteiger charge is -2.14. The molecular weight excluding hydrogens is 252 g/mol. The number of nitrogens with zero attached hydrogens (tertiary/aromatic N) is 1. The molecule has 20 heavy (non-hydrogen) atoms. The molecule has 0 aliphatic carbocycles. The Morgan fingerprint density at radius 2 is 2.20 bits per heavy atom. The van der Waals surface area contributed by atoms with Gasteiger partial charge in [-0.3, -0.25) is 4.79 Å². The summed E-state index contributed by atoms with van der Waals surface area (Å²) in [5.41, 5.74) is 1.79. The first-order valence-corrected chi connectivity index (χ1v) is 7.12. The van der Waals surface area contributed by atoms with Crippen molar-refractivity contribution in [2.24, 2.45) is 0 Å². The second kappa shape index (κ2) is 6.57. The van der Waals surface area contributed by atoms with E-state index in [0.717, 1.165) is 29.3 Å². The van der Waals surface area contributed by atoms with Crippen LogP contribution in [0, 0.1) is 0 Å². The molecule has 1 unspecified atom stereocenters. The zero-order valence-electron chi connectivity index (χ0n) is 12.1. The van der Waals surface area contributed by atoms with Gasteiger partial charge in [-0.25, -0.2) is 0 Å². The summed E-state index contributed by atoms with van der Waals surface area (Å²) in [6.07, 6.45) is 3.94. The molecule has 108 valence electrons. The lowest BCUT2D eigenvalue weighted by atomic mass is 10.1. The Bertz CT molecular complexity index is 589. The molecule has 4 nitrogen and oxygen atoms in total. The number of hydrogen-bond acceptors (Lipinski definition) is 2. The van der Waals surface area contributed by atoms with E-state index < -0.39 is 0 Å². The molecular formula is C16H22N2O2. The van der Waals surface area contributed by atoms with Crippen LogP contribution in [0.25, 0.3) is 10.9 Å². The normalized spacial score (nSPS) is 12.6. The lowest BCUT2D eigenvalue weighted by molar-refractivity contribution is -0.122. The smallest absolute Gasteiger partial charge is 0.240 e. The van der Waals surface area contributed by atoms with Gasteiger partial charge in [-0.2, -0.15) is 0 Å². The lowest BCUT2D eigenvalue weighted by Crippen LogP contribution is -2.34. The fraction of sp³-hybridized carbons (Fsp3) is 0.438. The van der Waals surface area contributed by atoms with E-state index in [4.69, 9.17) is 0 Å². The topological polar surface area (TPSA) is 54.3 Å². The number of benzene rings is 1. The van der Waals surface area contributed by atoms with Gasteiger partial charge in [0, 0.05) is 17.8 Å². The molecule has 0 bridgehead atoms. The highest BCUT2D eigenvalue weighted by Crippen LogP contribution is 2.20. The van der Waals surface area contributed by atoms with Gasteiger partial charge >= 0.3 is 0 Å². The highest BCUT2D eigenvalue weighted by atomic mass is 16.3. The van der Waals surface area contributed by atoms with Gasteiger partial charge in [0.1, 0.15) is 6.54 Å². The summed E-state index contributed by atoms with van der Waals surface area (Å²) in [5, 5.41) is 13.5. The van der Waals surface area contributed by atoms with E-state index in [9.17, 15) is 9.90 Å². The molecule has 0 spiro atoms. The Morgan fingerprint density at radius 3 is 2.90 bits per heavy atom.